The molecule has 0 spiro atoms. The van der Waals surface area contributed by atoms with Crippen molar-refractivity contribution in [2.24, 2.45) is 0 Å². The highest BCUT2D eigenvalue weighted by molar-refractivity contribution is 5.69. The summed E-state index contributed by atoms with van der Waals surface area (Å²) in [5, 5.41) is 0. The lowest BCUT2D eigenvalue weighted by molar-refractivity contribution is 1.23. The fourth-order valence-corrected chi connectivity index (χ4v) is 2.47. The average Bonchev–Trinajstić information content (AvgIpc) is 2.85. The maximum atomic E-state index is 4.80. The zero-order valence-corrected chi connectivity index (χ0v) is 12.1. The molecule has 1 aromatic heterocycles. The van der Waals surface area contributed by atoms with Crippen LogP contribution in [-0.4, -0.2) is 9.97 Å². The molecule has 0 unspecified atom stereocenters. The minimum absolute atomic E-state index is 0.947. The first-order valence-corrected chi connectivity index (χ1v) is 6.85. The Morgan fingerprint density at radius 2 is 1.60 bits per heavy atom. The van der Waals surface area contributed by atoms with Gasteiger partial charge in [-0.1, -0.05) is 48.5 Å². The summed E-state index contributed by atoms with van der Waals surface area (Å²) in [6.45, 7) is 6.35. The van der Waals surface area contributed by atoms with Crippen molar-refractivity contribution in [2.45, 2.75) is 20.8 Å². The molecule has 0 saturated heterocycles. The fraction of sp³-hybridized carbons (Fsp3) is 0.167. The predicted octanol–water partition coefficient (Wildman–Crippen LogP) is 4.67. The van der Waals surface area contributed by atoms with Crippen LogP contribution >= 0.6 is 0 Å². The number of rotatable bonds is 2. The lowest BCUT2D eigenvalue weighted by Crippen LogP contribution is -1.88. The number of H-pyrrole nitrogens is 1. The van der Waals surface area contributed by atoms with Crippen LogP contribution in [0.15, 0.2) is 48.5 Å². The number of benzene rings is 2. The van der Waals surface area contributed by atoms with Crippen molar-refractivity contribution in [2.75, 3.05) is 0 Å². The van der Waals surface area contributed by atoms with Crippen LogP contribution in [0.1, 0.15) is 16.8 Å². The van der Waals surface area contributed by atoms with E-state index < -0.39 is 0 Å². The van der Waals surface area contributed by atoms with Gasteiger partial charge in [-0.2, -0.15) is 0 Å². The van der Waals surface area contributed by atoms with Gasteiger partial charge in [0.2, 0.25) is 0 Å². The maximum absolute atomic E-state index is 4.80. The largest absolute Gasteiger partial charge is 0.342 e. The van der Waals surface area contributed by atoms with Crippen molar-refractivity contribution in [3.05, 3.63) is 65.4 Å². The maximum Gasteiger partial charge on any atom is 0.138 e. The number of aromatic amines is 1. The Morgan fingerprint density at radius 1 is 0.850 bits per heavy atom. The summed E-state index contributed by atoms with van der Waals surface area (Å²) in [4.78, 5) is 8.21. The molecule has 0 amide bonds. The smallest absolute Gasteiger partial charge is 0.138 e. The van der Waals surface area contributed by atoms with E-state index >= 15 is 0 Å². The van der Waals surface area contributed by atoms with Gasteiger partial charge < -0.3 is 4.98 Å². The minimum atomic E-state index is 0.947. The summed E-state index contributed by atoms with van der Waals surface area (Å²) in [6, 6.07) is 16.6. The average molecular weight is 262 g/mol. The highest BCUT2D eigenvalue weighted by atomic mass is 14.9. The Bertz CT molecular complexity index is 739. The van der Waals surface area contributed by atoms with Crippen molar-refractivity contribution >= 4 is 0 Å². The lowest BCUT2D eigenvalue weighted by Gasteiger charge is -2.05. The summed E-state index contributed by atoms with van der Waals surface area (Å²) < 4.78 is 0. The number of hydrogen-bond acceptors (Lipinski definition) is 1. The predicted molar refractivity (Wildman–Crippen MR) is 83.7 cm³/mol. The van der Waals surface area contributed by atoms with Gasteiger partial charge in [-0.05, 0) is 31.9 Å². The lowest BCUT2D eigenvalue weighted by atomic mass is 10.0. The zero-order chi connectivity index (χ0) is 14.1. The summed E-state index contributed by atoms with van der Waals surface area (Å²) in [6.07, 6.45) is 0. The number of aryl methyl sites for hydroxylation is 2. The third kappa shape index (κ3) is 2.14. The number of hydrogen-bond donors (Lipinski definition) is 1. The van der Waals surface area contributed by atoms with Crippen LogP contribution < -0.4 is 0 Å². The van der Waals surface area contributed by atoms with Gasteiger partial charge in [0.15, 0.2) is 0 Å². The number of imidazole rings is 1. The van der Waals surface area contributed by atoms with Crippen molar-refractivity contribution < 1.29 is 0 Å². The van der Waals surface area contributed by atoms with Crippen LogP contribution in [-0.2, 0) is 0 Å². The summed E-state index contributed by atoms with van der Waals surface area (Å²) in [5.41, 5.74) is 7.03. The third-order valence-electron chi connectivity index (χ3n) is 3.79. The standard InChI is InChI=1S/C18H18N2/c1-12-8-7-11-16(13(12)2)18-19-14(3)17(20-18)15-9-5-4-6-10-15/h4-11H,1-3H3,(H,19,20). The Balaban J connectivity index is 2.12. The Hall–Kier alpha value is -2.35. The van der Waals surface area contributed by atoms with Crippen LogP contribution in [0.2, 0.25) is 0 Å². The summed E-state index contributed by atoms with van der Waals surface area (Å²) >= 11 is 0. The van der Waals surface area contributed by atoms with Gasteiger partial charge >= 0.3 is 0 Å². The van der Waals surface area contributed by atoms with Crippen LogP contribution in [0.5, 0.6) is 0 Å². The first kappa shape index (κ1) is 12.7. The second-order valence-corrected chi connectivity index (χ2v) is 5.17. The molecule has 0 fully saturated rings. The Kier molecular flexibility index (Phi) is 3.15. The molecular formula is C18H18N2. The van der Waals surface area contributed by atoms with Gasteiger partial charge in [0.25, 0.3) is 0 Å². The number of nitrogens with one attached hydrogen (secondary N) is 1. The van der Waals surface area contributed by atoms with Crippen molar-refractivity contribution in [1.82, 2.24) is 9.97 Å². The van der Waals surface area contributed by atoms with Crippen LogP contribution in [0.3, 0.4) is 0 Å². The van der Waals surface area contributed by atoms with Crippen molar-refractivity contribution in [3.8, 4) is 22.6 Å². The molecule has 2 heteroatoms. The molecule has 0 aliphatic heterocycles. The van der Waals surface area contributed by atoms with Crippen molar-refractivity contribution in [3.63, 3.8) is 0 Å². The highest BCUT2D eigenvalue weighted by Gasteiger charge is 2.12. The van der Waals surface area contributed by atoms with E-state index in [1.165, 1.54) is 16.7 Å². The number of aromatic nitrogens is 2. The molecule has 2 aromatic carbocycles. The van der Waals surface area contributed by atoms with E-state index in [2.05, 4.69) is 56.1 Å². The molecular weight excluding hydrogens is 244 g/mol. The molecule has 1 N–H and O–H groups in total. The van der Waals surface area contributed by atoms with Gasteiger partial charge in [0, 0.05) is 16.8 Å². The first-order chi connectivity index (χ1) is 9.66. The van der Waals surface area contributed by atoms with Gasteiger partial charge in [0.1, 0.15) is 5.82 Å². The van der Waals surface area contributed by atoms with E-state index in [1.54, 1.807) is 0 Å². The molecule has 0 aliphatic rings. The number of nitrogens with zero attached hydrogens (tertiary/aromatic N) is 1. The Labute approximate surface area is 119 Å². The molecule has 0 aliphatic carbocycles. The molecule has 100 valence electrons. The Morgan fingerprint density at radius 3 is 2.35 bits per heavy atom. The van der Waals surface area contributed by atoms with Gasteiger partial charge in [-0.15, -0.1) is 0 Å². The molecule has 0 atom stereocenters. The molecule has 0 bridgehead atoms. The third-order valence-corrected chi connectivity index (χ3v) is 3.79. The van der Waals surface area contributed by atoms with E-state index in [0.29, 0.717) is 0 Å². The van der Waals surface area contributed by atoms with Gasteiger partial charge in [0.05, 0.1) is 5.69 Å². The second kappa shape index (κ2) is 4.97. The van der Waals surface area contributed by atoms with E-state index in [0.717, 1.165) is 22.8 Å². The monoisotopic (exact) mass is 262 g/mol. The highest BCUT2D eigenvalue weighted by Crippen LogP contribution is 2.28. The van der Waals surface area contributed by atoms with E-state index in [9.17, 15) is 0 Å². The van der Waals surface area contributed by atoms with Crippen LogP contribution in [0.4, 0.5) is 0 Å². The minimum Gasteiger partial charge on any atom is -0.342 e. The van der Waals surface area contributed by atoms with Gasteiger partial charge in [-0.25, -0.2) is 4.98 Å². The van der Waals surface area contributed by atoms with E-state index in [-0.39, 0.29) is 0 Å². The summed E-state index contributed by atoms with van der Waals surface area (Å²) in [5.74, 6) is 0.947. The topological polar surface area (TPSA) is 28.7 Å². The molecule has 2 nitrogen and oxygen atoms in total. The molecule has 20 heavy (non-hydrogen) atoms. The SMILES string of the molecule is Cc1cccc(-c2nc(-c3ccccc3)c(C)[nH]2)c1C. The van der Waals surface area contributed by atoms with Gasteiger partial charge in [-0.3, -0.25) is 0 Å². The van der Waals surface area contributed by atoms with E-state index in [1.807, 2.05) is 18.2 Å². The quantitative estimate of drug-likeness (QED) is 0.714. The molecule has 0 radical (unpaired) electrons. The zero-order valence-electron chi connectivity index (χ0n) is 12.1. The van der Waals surface area contributed by atoms with Crippen LogP contribution in [0.25, 0.3) is 22.6 Å². The fourth-order valence-electron chi connectivity index (χ4n) is 2.47. The molecule has 3 rings (SSSR count). The summed E-state index contributed by atoms with van der Waals surface area (Å²) in [7, 11) is 0. The molecule has 3 aromatic rings. The molecule has 0 saturated carbocycles. The van der Waals surface area contributed by atoms with Crippen molar-refractivity contribution in [1.29, 1.82) is 0 Å². The van der Waals surface area contributed by atoms with Crippen LogP contribution in [0, 0.1) is 20.8 Å². The van der Waals surface area contributed by atoms with E-state index in [4.69, 9.17) is 4.98 Å². The molecule has 1 heterocycles. The normalized spacial score (nSPS) is 10.8. The second-order valence-electron chi connectivity index (χ2n) is 5.17. The first-order valence-electron chi connectivity index (χ1n) is 6.85.